The molecule has 8 heteroatoms. The second-order valence-electron chi connectivity index (χ2n) is 7.59. The van der Waals surface area contributed by atoms with Crippen molar-refractivity contribution in [3.05, 3.63) is 46.7 Å². The topological polar surface area (TPSA) is 67.4 Å². The van der Waals surface area contributed by atoms with Crippen LogP contribution >= 0.6 is 23.4 Å². The average Bonchev–Trinajstić information content (AvgIpc) is 2.65. The number of carbonyl (C=O) groups excluding carboxylic acids is 1. The van der Waals surface area contributed by atoms with E-state index in [0.717, 1.165) is 23.2 Å². The van der Waals surface area contributed by atoms with Gasteiger partial charge in [0, 0.05) is 30.9 Å². The SMILES string of the molecule is CSc1ncc(CN[C@H]2CCN(C(=O)OC(C)(C)C)c3ccccc32)c(Cl)n1. The first-order valence-corrected chi connectivity index (χ1v) is 10.8. The molecule has 2 aromatic rings. The molecule has 0 fully saturated rings. The number of rotatable bonds is 4. The molecule has 1 N–H and O–H groups in total. The zero-order valence-corrected chi connectivity index (χ0v) is 18.1. The highest BCUT2D eigenvalue weighted by Crippen LogP contribution is 2.35. The zero-order chi connectivity index (χ0) is 20.3. The number of carbonyl (C=O) groups is 1. The molecule has 2 heterocycles. The second kappa shape index (κ2) is 8.68. The lowest BCUT2D eigenvalue weighted by Gasteiger charge is -2.35. The van der Waals surface area contributed by atoms with Gasteiger partial charge in [-0.25, -0.2) is 14.8 Å². The highest BCUT2D eigenvalue weighted by atomic mass is 35.5. The molecule has 0 bridgehead atoms. The van der Waals surface area contributed by atoms with Crippen molar-refractivity contribution in [1.29, 1.82) is 0 Å². The van der Waals surface area contributed by atoms with Crippen LogP contribution in [0.15, 0.2) is 35.6 Å². The highest BCUT2D eigenvalue weighted by Gasteiger charge is 2.31. The maximum Gasteiger partial charge on any atom is 0.414 e. The van der Waals surface area contributed by atoms with Crippen molar-refractivity contribution >= 4 is 35.1 Å². The molecule has 28 heavy (non-hydrogen) atoms. The standard InChI is InChI=1S/C20H25ClN4O2S/c1-20(2,3)27-19(26)25-10-9-15(14-7-5-6-8-16(14)25)22-11-13-12-23-18(28-4)24-17(13)21/h5-8,12,15,22H,9-11H2,1-4H3/t15-/m0/s1. The number of hydrogen-bond donors (Lipinski definition) is 1. The molecular formula is C20H25ClN4O2S. The van der Waals surface area contributed by atoms with Gasteiger partial charge in [-0.1, -0.05) is 41.6 Å². The lowest BCUT2D eigenvalue weighted by Crippen LogP contribution is -2.42. The number of aromatic nitrogens is 2. The van der Waals surface area contributed by atoms with E-state index in [1.807, 2.05) is 51.3 Å². The van der Waals surface area contributed by atoms with Gasteiger partial charge in [0.05, 0.1) is 5.69 Å². The summed E-state index contributed by atoms with van der Waals surface area (Å²) in [6.07, 6.45) is 4.13. The number of anilines is 1. The molecule has 6 nitrogen and oxygen atoms in total. The van der Waals surface area contributed by atoms with Gasteiger partial charge in [-0.2, -0.15) is 0 Å². The fraction of sp³-hybridized carbons (Fsp3) is 0.450. The van der Waals surface area contributed by atoms with Crippen molar-refractivity contribution in [3.63, 3.8) is 0 Å². The Bertz CT molecular complexity index is 856. The van der Waals surface area contributed by atoms with Crippen molar-refractivity contribution in [2.24, 2.45) is 0 Å². The first-order valence-electron chi connectivity index (χ1n) is 9.16. The van der Waals surface area contributed by atoms with E-state index in [0.29, 0.717) is 23.4 Å². The van der Waals surface area contributed by atoms with Gasteiger partial charge >= 0.3 is 6.09 Å². The fourth-order valence-corrected chi connectivity index (χ4v) is 3.69. The second-order valence-corrected chi connectivity index (χ2v) is 8.72. The quantitative estimate of drug-likeness (QED) is 0.434. The summed E-state index contributed by atoms with van der Waals surface area (Å²) in [4.78, 5) is 22.9. The third kappa shape index (κ3) is 4.96. The molecule has 0 saturated heterocycles. The van der Waals surface area contributed by atoms with Crippen molar-refractivity contribution in [2.75, 3.05) is 17.7 Å². The van der Waals surface area contributed by atoms with Gasteiger partial charge in [0.25, 0.3) is 0 Å². The van der Waals surface area contributed by atoms with Crippen molar-refractivity contribution in [1.82, 2.24) is 15.3 Å². The molecule has 0 aliphatic carbocycles. The van der Waals surface area contributed by atoms with Crippen LogP contribution in [-0.4, -0.2) is 34.5 Å². The average molecular weight is 421 g/mol. The van der Waals surface area contributed by atoms with Gasteiger partial charge < -0.3 is 10.1 Å². The smallest absolute Gasteiger partial charge is 0.414 e. The van der Waals surface area contributed by atoms with E-state index in [2.05, 4.69) is 15.3 Å². The van der Waals surface area contributed by atoms with Crippen LogP contribution in [0.2, 0.25) is 5.15 Å². The van der Waals surface area contributed by atoms with E-state index in [1.165, 1.54) is 11.8 Å². The number of nitrogens with zero attached hydrogens (tertiary/aromatic N) is 3. The fourth-order valence-electron chi connectivity index (χ4n) is 3.10. The van der Waals surface area contributed by atoms with Gasteiger partial charge in [-0.05, 0) is 45.1 Å². The summed E-state index contributed by atoms with van der Waals surface area (Å²) in [5.41, 5.74) is 2.27. The number of ether oxygens (including phenoxy) is 1. The van der Waals surface area contributed by atoms with E-state index in [1.54, 1.807) is 11.1 Å². The van der Waals surface area contributed by atoms with E-state index >= 15 is 0 Å². The lowest BCUT2D eigenvalue weighted by molar-refractivity contribution is 0.0576. The lowest BCUT2D eigenvalue weighted by atomic mass is 9.96. The summed E-state index contributed by atoms with van der Waals surface area (Å²) in [7, 11) is 0. The number of hydrogen-bond acceptors (Lipinski definition) is 6. The summed E-state index contributed by atoms with van der Waals surface area (Å²) in [5.74, 6) is 0. The van der Waals surface area contributed by atoms with Crippen LogP contribution in [0.25, 0.3) is 0 Å². The molecular weight excluding hydrogens is 396 g/mol. The number of amides is 1. The molecule has 1 amide bonds. The molecule has 1 aromatic carbocycles. The van der Waals surface area contributed by atoms with Crippen LogP contribution in [0.5, 0.6) is 0 Å². The van der Waals surface area contributed by atoms with E-state index in [9.17, 15) is 4.79 Å². The molecule has 150 valence electrons. The van der Waals surface area contributed by atoms with Gasteiger partial charge in [-0.15, -0.1) is 0 Å². The summed E-state index contributed by atoms with van der Waals surface area (Å²) in [6.45, 7) is 6.76. The van der Waals surface area contributed by atoms with Crippen molar-refractivity contribution in [3.8, 4) is 0 Å². The molecule has 0 spiro atoms. The maximum atomic E-state index is 12.6. The van der Waals surface area contributed by atoms with Gasteiger partial charge in [-0.3, -0.25) is 4.90 Å². The normalized spacial score (nSPS) is 16.6. The Kier molecular flexibility index (Phi) is 6.47. The number of fused-ring (bicyclic) bond motifs is 1. The van der Waals surface area contributed by atoms with Crippen molar-refractivity contribution < 1.29 is 9.53 Å². The van der Waals surface area contributed by atoms with Crippen LogP contribution in [0.3, 0.4) is 0 Å². The summed E-state index contributed by atoms with van der Waals surface area (Å²) < 4.78 is 5.57. The molecule has 0 saturated carbocycles. The molecule has 1 aliphatic heterocycles. The molecule has 1 aliphatic rings. The third-order valence-electron chi connectivity index (χ3n) is 4.37. The molecule has 1 aromatic heterocycles. The highest BCUT2D eigenvalue weighted by molar-refractivity contribution is 7.98. The minimum Gasteiger partial charge on any atom is -0.443 e. The summed E-state index contributed by atoms with van der Waals surface area (Å²) in [6, 6.07) is 8.01. The van der Waals surface area contributed by atoms with E-state index in [-0.39, 0.29) is 12.1 Å². The number of benzene rings is 1. The van der Waals surface area contributed by atoms with Crippen LogP contribution in [0.4, 0.5) is 10.5 Å². The molecule has 0 unspecified atom stereocenters. The van der Waals surface area contributed by atoms with E-state index < -0.39 is 5.60 Å². The number of thioether (sulfide) groups is 1. The van der Waals surface area contributed by atoms with Crippen LogP contribution < -0.4 is 10.2 Å². The third-order valence-corrected chi connectivity index (χ3v) is 5.26. The predicted molar refractivity (Wildman–Crippen MR) is 113 cm³/mol. The monoisotopic (exact) mass is 420 g/mol. The Hall–Kier alpha value is -1.83. The first kappa shape index (κ1) is 20.9. The van der Waals surface area contributed by atoms with Gasteiger partial charge in [0.2, 0.25) is 0 Å². The Morgan fingerprint density at radius 1 is 1.39 bits per heavy atom. The molecule has 0 radical (unpaired) electrons. The number of halogens is 1. The van der Waals surface area contributed by atoms with Crippen LogP contribution in [0.1, 0.15) is 44.4 Å². The largest absolute Gasteiger partial charge is 0.443 e. The maximum absolute atomic E-state index is 12.6. The number of para-hydroxylation sites is 1. The first-order chi connectivity index (χ1) is 13.3. The Morgan fingerprint density at radius 2 is 2.14 bits per heavy atom. The zero-order valence-electron chi connectivity index (χ0n) is 16.5. The molecule has 3 rings (SSSR count). The van der Waals surface area contributed by atoms with Crippen molar-refractivity contribution in [2.45, 2.75) is 50.5 Å². The molecule has 1 atom stereocenters. The number of nitrogens with one attached hydrogen (secondary N) is 1. The Labute approximate surface area is 175 Å². The Balaban J connectivity index is 1.75. The van der Waals surface area contributed by atoms with E-state index in [4.69, 9.17) is 16.3 Å². The van der Waals surface area contributed by atoms with Gasteiger partial charge in [0.1, 0.15) is 10.8 Å². The minimum atomic E-state index is -0.527. The predicted octanol–water partition coefficient (Wildman–Crippen LogP) is 4.83. The summed E-state index contributed by atoms with van der Waals surface area (Å²) in [5, 5.41) is 4.65. The van der Waals surface area contributed by atoms with Crippen LogP contribution in [-0.2, 0) is 11.3 Å². The minimum absolute atomic E-state index is 0.103. The Morgan fingerprint density at radius 3 is 2.82 bits per heavy atom. The summed E-state index contributed by atoms with van der Waals surface area (Å²) >= 11 is 7.74. The van der Waals surface area contributed by atoms with Crippen LogP contribution in [0, 0.1) is 0 Å². The van der Waals surface area contributed by atoms with Gasteiger partial charge in [0.15, 0.2) is 5.16 Å².